The number of benzene rings is 4. The van der Waals surface area contributed by atoms with Crippen molar-refractivity contribution in [2.75, 3.05) is 54.1 Å². The molecular formula is C47H48N8O9. The number of aromatic amines is 1. The molecule has 4 heterocycles. The van der Waals surface area contributed by atoms with Gasteiger partial charge in [-0.1, -0.05) is 51.1 Å². The first-order chi connectivity index (χ1) is 30.9. The number of aryl methyl sites for hydroxylation is 1. The number of piperidine rings is 1. The molecule has 0 spiro atoms. The number of amides is 6. The lowest BCUT2D eigenvalue weighted by Crippen LogP contribution is -2.56. The van der Waals surface area contributed by atoms with E-state index in [2.05, 4.69) is 51.8 Å². The maximum absolute atomic E-state index is 13.8. The van der Waals surface area contributed by atoms with Crippen LogP contribution in [-0.4, -0.2) is 94.9 Å². The number of hydrogen-bond donors (Lipinski definition) is 4. The normalized spacial score (nSPS) is 15.8. The molecule has 330 valence electrons. The minimum Gasteiger partial charge on any atom is -0.491 e. The van der Waals surface area contributed by atoms with Gasteiger partial charge in [-0.3, -0.25) is 34.5 Å². The topological polar surface area (TPSA) is 205 Å². The molecule has 1 saturated heterocycles. The molecule has 3 aliphatic rings. The number of H-pyrrole nitrogens is 1. The minimum atomic E-state index is -1.21. The van der Waals surface area contributed by atoms with Gasteiger partial charge in [-0.2, -0.15) is 5.10 Å². The molecule has 4 aromatic carbocycles. The van der Waals surface area contributed by atoms with Crippen LogP contribution in [0.25, 0.3) is 0 Å². The van der Waals surface area contributed by atoms with E-state index >= 15 is 0 Å². The molecule has 0 radical (unpaired) electrons. The number of hydrogen-bond acceptors (Lipinski definition) is 12. The Labute approximate surface area is 369 Å². The minimum absolute atomic E-state index is 0.0261. The number of nitrogens with one attached hydrogen (secondary N) is 4. The Morgan fingerprint density at radius 2 is 1.66 bits per heavy atom. The molecule has 1 fully saturated rings. The third-order valence-corrected chi connectivity index (χ3v) is 11.1. The molecule has 5 aromatic rings. The highest BCUT2D eigenvalue weighted by molar-refractivity contribution is 6.24. The first-order valence-corrected chi connectivity index (χ1v) is 21.0. The van der Waals surface area contributed by atoms with Gasteiger partial charge in [-0.15, -0.1) is 0 Å². The second-order valence-corrected chi connectivity index (χ2v) is 16.5. The van der Waals surface area contributed by atoms with Crippen molar-refractivity contribution in [3.63, 3.8) is 0 Å². The maximum Gasteiger partial charge on any atom is 0.339 e. The fourth-order valence-electron chi connectivity index (χ4n) is 7.76. The summed E-state index contributed by atoms with van der Waals surface area (Å²) in [5.41, 5.74) is 5.63. The van der Waals surface area contributed by atoms with E-state index in [1.165, 1.54) is 0 Å². The van der Waals surface area contributed by atoms with Crippen LogP contribution in [0.1, 0.15) is 82.4 Å². The molecule has 0 saturated carbocycles. The molecule has 0 bridgehead atoms. The highest BCUT2D eigenvalue weighted by Crippen LogP contribution is 2.39. The lowest BCUT2D eigenvalue weighted by atomic mass is 9.92. The molecule has 1 unspecified atom stereocenters. The maximum atomic E-state index is 13.8. The molecule has 1 aromatic heterocycles. The van der Waals surface area contributed by atoms with Gasteiger partial charge < -0.3 is 29.7 Å². The van der Waals surface area contributed by atoms with Crippen LogP contribution in [0.2, 0.25) is 0 Å². The Morgan fingerprint density at radius 1 is 0.859 bits per heavy atom. The zero-order valence-electron chi connectivity index (χ0n) is 35.6. The fourth-order valence-corrected chi connectivity index (χ4v) is 7.76. The third kappa shape index (κ3) is 9.29. The standard InChI is InChI=1S/C47H48N8O9/c1-47(2,3)38-26-39(52-51-38)50-46(61)49-31-14-16-32(17-15-31)53-27-48-35-25-33(18-19-36(35)53)63-24-23-62-22-8-12-29-11-7-13-34-41(29)44(59)55(42(34)57)37-20-21-40(56)54(43(37)58)28-64-45(60)30-9-5-4-6-10-30/h4-7,9-11,13-19,25-26,37,48H,8,12,20-24,27-28H2,1-3H3,(H3,49,50,51,52,61). The lowest BCUT2D eigenvalue weighted by molar-refractivity contribution is -0.156. The summed E-state index contributed by atoms with van der Waals surface area (Å²) >= 11 is 0. The van der Waals surface area contributed by atoms with Crippen molar-refractivity contribution in [3.8, 4) is 5.75 Å². The van der Waals surface area contributed by atoms with Crippen LogP contribution >= 0.6 is 0 Å². The van der Waals surface area contributed by atoms with Crippen LogP contribution < -0.4 is 25.6 Å². The number of ether oxygens (including phenoxy) is 3. The van der Waals surface area contributed by atoms with Crippen molar-refractivity contribution >= 4 is 64.2 Å². The lowest BCUT2D eigenvalue weighted by Gasteiger charge is -2.34. The first kappa shape index (κ1) is 43.1. The van der Waals surface area contributed by atoms with E-state index in [-0.39, 0.29) is 34.9 Å². The zero-order valence-corrected chi connectivity index (χ0v) is 35.6. The van der Waals surface area contributed by atoms with Crippen LogP contribution in [0, 0.1) is 0 Å². The van der Waals surface area contributed by atoms with Gasteiger partial charge in [-0.25, -0.2) is 14.5 Å². The van der Waals surface area contributed by atoms with E-state index in [0.717, 1.165) is 32.6 Å². The van der Waals surface area contributed by atoms with Crippen molar-refractivity contribution in [2.24, 2.45) is 0 Å². The number of esters is 1. The molecule has 4 N–H and O–H groups in total. The van der Waals surface area contributed by atoms with Crippen molar-refractivity contribution < 1.29 is 43.0 Å². The Morgan fingerprint density at radius 3 is 2.42 bits per heavy atom. The molecular weight excluding hydrogens is 821 g/mol. The smallest absolute Gasteiger partial charge is 0.339 e. The predicted octanol–water partition coefficient (Wildman–Crippen LogP) is 6.83. The number of fused-ring (bicyclic) bond motifs is 2. The second kappa shape index (κ2) is 18.4. The Bertz CT molecular complexity index is 2590. The number of carbonyl (C=O) groups is 6. The average molecular weight is 869 g/mol. The summed E-state index contributed by atoms with van der Waals surface area (Å²) in [7, 11) is 0. The van der Waals surface area contributed by atoms with Gasteiger partial charge >= 0.3 is 12.0 Å². The molecule has 64 heavy (non-hydrogen) atoms. The van der Waals surface area contributed by atoms with E-state index < -0.39 is 48.4 Å². The SMILES string of the molecule is CC(C)(C)c1cc(NC(=O)Nc2ccc(N3CNc4cc(OCCOCCCc5cccc6c5C(=O)N(C5CCC(=O)N(COC(=O)c7ccccc7)C5=O)C6=O)ccc43)cc2)n[nH]1. The number of carbonyl (C=O) groups excluding carboxylic acids is 6. The van der Waals surface area contributed by atoms with Crippen molar-refractivity contribution in [2.45, 2.75) is 57.9 Å². The van der Waals surface area contributed by atoms with Crippen LogP contribution in [-0.2, 0) is 30.9 Å². The monoisotopic (exact) mass is 868 g/mol. The summed E-state index contributed by atoms with van der Waals surface area (Å²) in [5.74, 6) is -2.12. The largest absolute Gasteiger partial charge is 0.491 e. The Kier molecular flexibility index (Phi) is 12.4. The molecule has 1 atom stereocenters. The number of nitrogens with zero attached hydrogens (tertiary/aromatic N) is 4. The highest BCUT2D eigenvalue weighted by Gasteiger charge is 2.48. The van der Waals surface area contributed by atoms with Crippen molar-refractivity contribution in [3.05, 3.63) is 125 Å². The molecule has 3 aliphatic heterocycles. The van der Waals surface area contributed by atoms with Gasteiger partial charge in [0.05, 0.1) is 41.3 Å². The summed E-state index contributed by atoms with van der Waals surface area (Å²) in [5, 5.41) is 16.1. The summed E-state index contributed by atoms with van der Waals surface area (Å²) in [6.45, 7) is 7.12. The molecule has 6 amide bonds. The second-order valence-electron chi connectivity index (χ2n) is 16.5. The number of anilines is 5. The number of imide groups is 2. The van der Waals surface area contributed by atoms with Crippen LogP contribution in [0.15, 0.2) is 97.1 Å². The predicted molar refractivity (Wildman–Crippen MR) is 237 cm³/mol. The summed E-state index contributed by atoms with van der Waals surface area (Å²) in [4.78, 5) is 82.5. The van der Waals surface area contributed by atoms with Gasteiger partial charge in [0.25, 0.3) is 17.7 Å². The Hall–Kier alpha value is -7.53. The molecule has 17 nitrogen and oxygen atoms in total. The van der Waals surface area contributed by atoms with Gasteiger partial charge in [-0.05, 0) is 79.4 Å². The third-order valence-electron chi connectivity index (χ3n) is 11.1. The van der Waals surface area contributed by atoms with E-state index in [0.29, 0.717) is 62.1 Å². The fraction of sp³-hybridized carbons (Fsp3) is 0.298. The van der Waals surface area contributed by atoms with Gasteiger partial charge in [0.2, 0.25) is 5.91 Å². The number of urea groups is 1. The summed E-state index contributed by atoms with van der Waals surface area (Å²) in [6.07, 6.45) is 0.874. The highest BCUT2D eigenvalue weighted by atomic mass is 16.5. The first-order valence-electron chi connectivity index (χ1n) is 21.0. The van der Waals surface area contributed by atoms with Crippen molar-refractivity contribution in [1.82, 2.24) is 20.0 Å². The molecule has 0 aliphatic carbocycles. The van der Waals surface area contributed by atoms with Crippen LogP contribution in [0.4, 0.5) is 33.4 Å². The number of likely N-dealkylation sites (tertiary alicyclic amines) is 1. The van der Waals surface area contributed by atoms with E-state index in [4.69, 9.17) is 14.2 Å². The van der Waals surface area contributed by atoms with E-state index in [1.807, 2.05) is 48.5 Å². The average Bonchev–Trinajstić information content (AvgIpc) is 4.00. The zero-order chi connectivity index (χ0) is 45.0. The number of rotatable bonds is 15. The van der Waals surface area contributed by atoms with Crippen LogP contribution in [0.5, 0.6) is 5.75 Å². The van der Waals surface area contributed by atoms with Crippen LogP contribution in [0.3, 0.4) is 0 Å². The van der Waals surface area contributed by atoms with Gasteiger partial charge in [0.15, 0.2) is 12.5 Å². The number of aromatic nitrogens is 2. The summed E-state index contributed by atoms with van der Waals surface area (Å²) in [6, 6.07) is 26.8. The van der Waals surface area contributed by atoms with Gasteiger partial charge in [0.1, 0.15) is 18.4 Å². The van der Waals surface area contributed by atoms with Gasteiger partial charge in [0, 0.05) is 47.6 Å². The molecule has 8 rings (SSSR count). The summed E-state index contributed by atoms with van der Waals surface area (Å²) < 4.78 is 17.1. The van der Waals surface area contributed by atoms with E-state index in [1.54, 1.807) is 48.5 Å². The Balaban J connectivity index is 0.773. The molecule has 17 heteroatoms. The quantitative estimate of drug-likeness (QED) is 0.0486. The van der Waals surface area contributed by atoms with Crippen molar-refractivity contribution in [1.29, 1.82) is 0 Å². The van der Waals surface area contributed by atoms with E-state index in [9.17, 15) is 28.8 Å².